The highest BCUT2D eigenvalue weighted by molar-refractivity contribution is 7.12. The fraction of sp³-hybridized carbons (Fsp3) is 0.0667. The first-order valence-corrected chi connectivity index (χ1v) is 6.57. The summed E-state index contributed by atoms with van der Waals surface area (Å²) in [5.41, 5.74) is 2.09. The van der Waals surface area contributed by atoms with Gasteiger partial charge in [-0.15, -0.1) is 11.3 Å². The van der Waals surface area contributed by atoms with Gasteiger partial charge < -0.3 is 0 Å². The fourth-order valence-electron chi connectivity index (χ4n) is 1.41. The van der Waals surface area contributed by atoms with E-state index in [1.807, 2.05) is 66.9 Å². The normalized spacial score (nSPS) is 12.6. The summed E-state index contributed by atoms with van der Waals surface area (Å²) in [5.74, 6) is 0. The molecule has 0 atom stereocenters. The Labute approximate surface area is 111 Å². The minimum absolute atomic E-state index is 0.939. The average Bonchev–Trinajstić information content (AvgIpc) is 2.93. The third kappa shape index (κ3) is 3.79. The van der Waals surface area contributed by atoms with Crippen LogP contribution in [0, 0.1) is 0 Å². The van der Waals surface area contributed by atoms with Crippen LogP contribution in [0.3, 0.4) is 0 Å². The van der Waals surface area contributed by atoms with Crippen LogP contribution in [0.25, 0.3) is 6.08 Å². The van der Waals surface area contributed by atoms with Crippen molar-refractivity contribution in [2.24, 2.45) is 10.2 Å². The van der Waals surface area contributed by atoms with Crippen molar-refractivity contribution in [3.8, 4) is 0 Å². The van der Waals surface area contributed by atoms with Gasteiger partial charge in [0.25, 0.3) is 0 Å². The van der Waals surface area contributed by atoms with Crippen molar-refractivity contribution in [2.75, 3.05) is 0 Å². The molecule has 0 aliphatic carbocycles. The van der Waals surface area contributed by atoms with Crippen molar-refractivity contribution in [1.29, 1.82) is 0 Å². The summed E-state index contributed by atoms with van der Waals surface area (Å²) >= 11 is 1.67. The molecule has 0 saturated carbocycles. The van der Waals surface area contributed by atoms with E-state index in [-0.39, 0.29) is 0 Å². The van der Waals surface area contributed by atoms with Gasteiger partial charge in [0, 0.05) is 6.21 Å². The van der Waals surface area contributed by atoms with Gasteiger partial charge >= 0.3 is 0 Å². The molecular formula is C15H14N2S. The summed E-state index contributed by atoms with van der Waals surface area (Å²) < 4.78 is 0. The Balaban J connectivity index is 1.93. The number of hydrogen-bond acceptors (Lipinski definition) is 3. The molecule has 3 heteroatoms. The minimum atomic E-state index is 0.939. The Morgan fingerprint density at radius 1 is 1.11 bits per heavy atom. The molecule has 1 heterocycles. The predicted molar refractivity (Wildman–Crippen MR) is 80.5 cm³/mol. The molecule has 0 spiro atoms. The molecule has 0 saturated heterocycles. The van der Waals surface area contributed by atoms with Gasteiger partial charge in [-0.2, -0.15) is 10.2 Å². The van der Waals surface area contributed by atoms with E-state index in [4.69, 9.17) is 0 Å². The van der Waals surface area contributed by atoms with Crippen molar-refractivity contribution in [1.82, 2.24) is 0 Å². The summed E-state index contributed by atoms with van der Waals surface area (Å²) in [6.45, 7) is 1.96. The zero-order valence-corrected chi connectivity index (χ0v) is 11.0. The molecule has 90 valence electrons. The number of thiophene rings is 1. The molecule has 0 bridgehead atoms. The summed E-state index contributed by atoms with van der Waals surface area (Å²) in [4.78, 5) is 1.15. The second-order valence-electron chi connectivity index (χ2n) is 3.70. The molecule has 2 aromatic rings. The first-order chi connectivity index (χ1) is 8.86. The number of hydrogen-bond donors (Lipinski definition) is 0. The van der Waals surface area contributed by atoms with Gasteiger partial charge in [0.2, 0.25) is 0 Å². The van der Waals surface area contributed by atoms with Crippen LogP contribution in [-0.4, -0.2) is 11.9 Å². The Morgan fingerprint density at radius 2 is 1.94 bits per heavy atom. The van der Waals surface area contributed by atoms with Crippen LogP contribution in [0.5, 0.6) is 0 Å². The van der Waals surface area contributed by atoms with E-state index < -0.39 is 0 Å². The Hall–Kier alpha value is -2.00. The van der Waals surface area contributed by atoms with E-state index in [0.29, 0.717) is 0 Å². The first-order valence-electron chi connectivity index (χ1n) is 5.69. The maximum Gasteiger partial charge on any atom is 0.0771 e. The van der Waals surface area contributed by atoms with E-state index in [2.05, 4.69) is 10.2 Å². The highest BCUT2D eigenvalue weighted by atomic mass is 32.1. The van der Waals surface area contributed by atoms with Gasteiger partial charge in [-0.05, 0) is 30.0 Å². The summed E-state index contributed by atoms with van der Waals surface area (Å²) in [5, 5.41) is 10.2. The van der Waals surface area contributed by atoms with Crippen molar-refractivity contribution < 1.29 is 0 Å². The molecule has 2 nitrogen and oxygen atoms in total. The second-order valence-corrected chi connectivity index (χ2v) is 4.64. The largest absolute Gasteiger partial charge is 0.159 e. The lowest BCUT2D eigenvalue weighted by Crippen LogP contribution is -1.87. The quantitative estimate of drug-likeness (QED) is 0.575. The fourth-order valence-corrected chi connectivity index (χ4v) is 2.08. The van der Waals surface area contributed by atoms with Crippen molar-refractivity contribution in [3.63, 3.8) is 0 Å². The highest BCUT2D eigenvalue weighted by Crippen LogP contribution is 2.09. The Bertz CT molecular complexity index is 551. The Morgan fingerprint density at radius 3 is 2.67 bits per heavy atom. The number of allylic oxidation sites excluding steroid dienone is 1. The van der Waals surface area contributed by atoms with Crippen molar-refractivity contribution >= 4 is 29.3 Å². The van der Waals surface area contributed by atoms with Crippen LogP contribution in [0.15, 0.2) is 64.1 Å². The lowest BCUT2D eigenvalue weighted by molar-refractivity contribution is 1.25. The number of benzene rings is 1. The lowest BCUT2D eigenvalue weighted by atomic mass is 10.2. The summed E-state index contributed by atoms with van der Waals surface area (Å²) in [6.07, 6.45) is 5.59. The van der Waals surface area contributed by atoms with Gasteiger partial charge in [0.1, 0.15) is 0 Å². The second kappa shape index (κ2) is 6.67. The smallest absolute Gasteiger partial charge is 0.0771 e. The van der Waals surface area contributed by atoms with Crippen LogP contribution in [0.2, 0.25) is 0 Å². The number of nitrogens with zero attached hydrogens (tertiary/aromatic N) is 2. The van der Waals surface area contributed by atoms with E-state index in [0.717, 1.165) is 16.2 Å². The van der Waals surface area contributed by atoms with Crippen LogP contribution < -0.4 is 0 Å². The average molecular weight is 254 g/mol. The molecule has 0 aliphatic heterocycles. The minimum Gasteiger partial charge on any atom is -0.159 e. The first kappa shape index (κ1) is 12.5. The topological polar surface area (TPSA) is 24.7 Å². The molecule has 18 heavy (non-hydrogen) atoms. The SMILES string of the molecule is C/C(=N\N=CC=Cc1ccccc1)c1cccs1. The highest BCUT2D eigenvalue weighted by Gasteiger charge is 1.95. The van der Waals surface area contributed by atoms with Crippen LogP contribution in [0.1, 0.15) is 17.4 Å². The van der Waals surface area contributed by atoms with Crippen LogP contribution in [-0.2, 0) is 0 Å². The molecule has 0 N–H and O–H groups in total. The molecule has 1 aromatic carbocycles. The van der Waals surface area contributed by atoms with Crippen LogP contribution >= 0.6 is 11.3 Å². The molecular weight excluding hydrogens is 240 g/mol. The molecule has 0 amide bonds. The maximum absolute atomic E-state index is 4.14. The molecule has 0 radical (unpaired) electrons. The Kier molecular flexibility index (Phi) is 4.61. The zero-order valence-electron chi connectivity index (χ0n) is 10.2. The van der Waals surface area contributed by atoms with Gasteiger partial charge in [0.05, 0.1) is 10.6 Å². The van der Waals surface area contributed by atoms with Gasteiger partial charge in [-0.3, -0.25) is 0 Å². The predicted octanol–water partition coefficient (Wildman–Crippen LogP) is 4.26. The summed E-state index contributed by atoms with van der Waals surface area (Å²) in [6, 6.07) is 14.2. The number of rotatable bonds is 4. The molecule has 1 aromatic heterocycles. The van der Waals surface area contributed by atoms with Gasteiger partial charge in [-0.1, -0.05) is 42.5 Å². The third-order valence-corrected chi connectivity index (χ3v) is 3.31. The van der Waals surface area contributed by atoms with Crippen molar-refractivity contribution in [2.45, 2.75) is 6.92 Å². The van der Waals surface area contributed by atoms with E-state index >= 15 is 0 Å². The molecule has 0 fully saturated rings. The monoisotopic (exact) mass is 254 g/mol. The molecule has 0 aliphatic rings. The molecule has 0 unspecified atom stereocenters. The zero-order chi connectivity index (χ0) is 12.6. The van der Waals surface area contributed by atoms with E-state index in [1.54, 1.807) is 17.6 Å². The maximum atomic E-state index is 4.14. The van der Waals surface area contributed by atoms with Gasteiger partial charge in [-0.25, -0.2) is 0 Å². The van der Waals surface area contributed by atoms with E-state index in [9.17, 15) is 0 Å². The standard InChI is InChI=1S/C15H14N2S/c1-13(15-10-6-12-18-15)17-16-11-5-9-14-7-3-2-4-8-14/h2-12H,1H3/b9-5?,16-11?,17-13+. The van der Waals surface area contributed by atoms with E-state index in [1.165, 1.54) is 0 Å². The third-order valence-electron chi connectivity index (χ3n) is 2.33. The van der Waals surface area contributed by atoms with Crippen LogP contribution in [0.4, 0.5) is 0 Å². The van der Waals surface area contributed by atoms with Gasteiger partial charge in [0.15, 0.2) is 0 Å². The van der Waals surface area contributed by atoms with Crippen molar-refractivity contribution in [3.05, 3.63) is 64.4 Å². The lowest BCUT2D eigenvalue weighted by Gasteiger charge is -1.90. The summed E-state index contributed by atoms with van der Waals surface area (Å²) in [7, 11) is 0. The molecule has 2 rings (SSSR count).